The Hall–Kier alpha value is -4.10. The standard InChI is InChI=1S/C26H21ClN2O5/c1-32-18-11-12-24(33-2)23(13-18)29-25(30)15-34-26(31)20-14-22(16-7-9-17(27)10-8-16)28-21-6-4-3-5-19(20)21/h3-14H,15H2,1-2H3,(H,29,30). The summed E-state index contributed by atoms with van der Waals surface area (Å²) in [5.41, 5.74) is 2.73. The van der Waals surface area contributed by atoms with E-state index in [1.807, 2.05) is 30.3 Å². The Labute approximate surface area is 201 Å². The number of nitrogens with one attached hydrogen (secondary N) is 1. The molecule has 0 bridgehead atoms. The van der Waals surface area contributed by atoms with Crippen LogP contribution in [-0.2, 0) is 9.53 Å². The summed E-state index contributed by atoms with van der Waals surface area (Å²) in [7, 11) is 3.01. The summed E-state index contributed by atoms with van der Waals surface area (Å²) >= 11 is 5.99. The summed E-state index contributed by atoms with van der Waals surface area (Å²) < 4.78 is 15.8. The number of rotatable bonds is 7. The first-order valence-corrected chi connectivity index (χ1v) is 10.7. The molecule has 3 aromatic carbocycles. The summed E-state index contributed by atoms with van der Waals surface area (Å²) in [4.78, 5) is 30.1. The van der Waals surface area contributed by atoms with Crippen molar-refractivity contribution < 1.29 is 23.8 Å². The molecule has 0 atom stereocenters. The van der Waals surface area contributed by atoms with Crippen molar-refractivity contribution in [3.05, 3.63) is 83.4 Å². The quantitative estimate of drug-likeness (QED) is 0.361. The van der Waals surface area contributed by atoms with Crippen molar-refractivity contribution in [2.24, 2.45) is 0 Å². The van der Waals surface area contributed by atoms with E-state index in [2.05, 4.69) is 10.3 Å². The van der Waals surface area contributed by atoms with Gasteiger partial charge in [0.15, 0.2) is 6.61 Å². The minimum absolute atomic E-state index is 0.308. The molecule has 4 rings (SSSR count). The molecule has 8 heteroatoms. The van der Waals surface area contributed by atoms with Gasteiger partial charge in [0.05, 0.1) is 36.7 Å². The van der Waals surface area contributed by atoms with Gasteiger partial charge in [-0.25, -0.2) is 9.78 Å². The van der Waals surface area contributed by atoms with Crippen molar-refractivity contribution in [3.8, 4) is 22.8 Å². The van der Waals surface area contributed by atoms with Crippen LogP contribution in [0.3, 0.4) is 0 Å². The monoisotopic (exact) mass is 476 g/mol. The first kappa shape index (κ1) is 23.1. The molecule has 0 aliphatic heterocycles. The van der Waals surface area contributed by atoms with Crippen LogP contribution >= 0.6 is 11.6 Å². The maximum atomic E-state index is 13.0. The van der Waals surface area contributed by atoms with E-state index in [1.54, 1.807) is 42.5 Å². The predicted octanol–water partition coefficient (Wildman–Crippen LogP) is 5.37. The molecule has 0 radical (unpaired) electrons. The Kier molecular flexibility index (Phi) is 6.94. The summed E-state index contributed by atoms with van der Waals surface area (Å²) in [6.07, 6.45) is 0. The number of carbonyl (C=O) groups is 2. The number of hydrogen-bond donors (Lipinski definition) is 1. The molecular weight excluding hydrogens is 456 g/mol. The second-order valence-corrected chi connectivity index (χ2v) is 7.71. The zero-order valence-corrected chi connectivity index (χ0v) is 19.3. The molecule has 0 fully saturated rings. The third-order valence-corrected chi connectivity index (χ3v) is 5.34. The molecular formula is C26H21ClN2O5. The number of para-hydroxylation sites is 1. The van der Waals surface area contributed by atoms with Gasteiger partial charge in [0.2, 0.25) is 0 Å². The molecule has 7 nitrogen and oxygen atoms in total. The topological polar surface area (TPSA) is 86.8 Å². The van der Waals surface area contributed by atoms with Gasteiger partial charge in [0.1, 0.15) is 11.5 Å². The highest BCUT2D eigenvalue weighted by Crippen LogP contribution is 2.29. The molecule has 1 aromatic heterocycles. The van der Waals surface area contributed by atoms with Gasteiger partial charge in [-0.15, -0.1) is 0 Å². The third-order valence-electron chi connectivity index (χ3n) is 5.09. The molecule has 4 aromatic rings. The number of carbonyl (C=O) groups excluding carboxylic acids is 2. The number of hydrogen-bond acceptors (Lipinski definition) is 6. The van der Waals surface area contributed by atoms with Crippen molar-refractivity contribution in [3.63, 3.8) is 0 Å². The lowest BCUT2D eigenvalue weighted by molar-refractivity contribution is -0.119. The van der Waals surface area contributed by atoms with Crippen LogP contribution in [-0.4, -0.2) is 37.7 Å². The summed E-state index contributed by atoms with van der Waals surface area (Å²) in [5, 5.41) is 3.90. The average Bonchev–Trinajstić information content (AvgIpc) is 2.87. The molecule has 0 saturated heterocycles. The lowest BCUT2D eigenvalue weighted by Gasteiger charge is -2.13. The highest BCUT2D eigenvalue weighted by atomic mass is 35.5. The van der Waals surface area contributed by atoms with Crippen LogP contribution in [0.1, 0.15) is 10.4 Å². The molecule has 1 N–H and O–H groups in total. The minimum atomic E-state index is -0.637. The number of fused-ring (bicyclic) bond motifs is 1. The second-order valence-electron chi connectivity index (χ2n) is 7.27. The zero-order chi connectivity index (χ0) is 24.1. The lowest BCUT2D eigenvalue weighted by atomic mass is 10.0. The maximum absolute atomic E-state index is 13.0. The second kappa shape index (κ2) is 10.2. The fourth-order valence-corrected chi connectivity index (χ4v) is 3.55. The van der Waals surface area contributed by atoms with Gasteiger partial charge in [-0.05, 0) is 36.4 Å². The van der Waals surface area contributed by atoms with Gasteiger partial charge in [-0.2, -0.15) is 0 Å². The number of nitrogens with zero attached hydrogens (tertiary/aromatic N) is 1. The Morgan fingerprint density at radius 2 is 1.71 bits per heavy atom. The van der Waals surface area contributed by atoms with Crippen LogP contribution in [0.15, 0.2) is 72.8 Å². The van der Waals surface area contributed by atoms with Crippen molar-refractivity contribution >= 4 is 40.1 Å². The zero-order valence-electron chi connectivity index (χ0n) is 18.5. The largest absolute Gasteiger partial charge is 0.497 e. The first-order chi connectivity index (χ1) is 16.5. The Balaban J connectivity index is 1.55. The smallest absolute Gasteiger partial charge is 0.339 e. The van der Waals surface area contributed by atoms with Crippen LogP contribution in [0.2, 0.25) is 5.02 Å². The molecule has 1 amide bonds. The molecule has 0 aliphatic rings. The van der Waals surface area contributed by atoms with Gasteiger partial charge in [-0.1, -0.05) is 41.9 Å². The van der Waals surface area contributed by atoms with E-state index in [0.717, 1.165) is 5.56 Å². The van der Waals surface area contributed by atoms with Crippen molar-refractivity contribution in [2.75, 3.05) is 26.1 Å². The fraction of sp³-hybridized carbons (Fsp3) is 0.115. The number of amides is 1. The molecule has 0 aliphatic carbocycles. The Morgan fingerprint density at radius 3 is 2.44 bits per heavy atom. The Morgan fingerprint density at radius 1 is 0.941 bits per heavy atom. The lowest BCUT2D eigenvalue weighted by Crippen LogP contribution is -2.21. The van der Waals surface area contributed by atoms with E-state index in [1.165, 1.54) is 14.2 Å². The van der Waals surface area contributed by atoms with Crippen LogP contribution in [0.4, 0.5) is 5.69 Å². The molecule has 1 heterocycles. The maximum Gasteiger partial charge on any atom is 0.339 e. The minimum Gasteiger partial charge on any atom is -0.497 e. The van der Waals surface area contributed by atoms with Crippen LogP contribution in [0.5, 0.6) is 11.5 Å². The number of benzene rings is 3. The normalized spacial score (nSPS) is 10.6. The number of aromatic nitrogens is 1. The van der Waals surface area contributed by atoms with Crippen LogP contribution < -0.4 is 14.8 Å². The van der Waals surface area contributed by atoms with Gasteiger partial charge < -0.3 is 19.5 Å². The van der Waals surface area contributed by atoms with Gasteiger partial charge in [-0.3, -0.25) is 4.79 Å². The van der Waals surface area contributed by atoms with Gasteiger partial charge >= 0.3 is 5.97 Å². The van der Waals surface area contributed by atoms with Gasteiger partial charge in [0, 0.05) is 22.0 Å². The van der Waals surface area contributed by atoms with E-state index in [0.29, 0.717) is 44.4 Å². The number of halogens is 1. The molecule has 34 heavy (non-hydrogen) atoms. The molecule has 0 unspecified atom stereocenters. The number of esters is 1. The summed E-state index contributed by atoms with van der Waals surface area (Å²) in [6, 6.07) is 21.0. The van der Waals surface area contributed by atoms with E-state index in [4.69, 9.17) is 25.8 Å². The molecule has 172 valence electrons. The van der Waals surface area contributed by atoms with Crippen molar-refractivity contribution in [1.82, 2.24) is 4.98 Å². The van der Waals surface area contributed by atoms with Crippen molar-refractivity contribution in [1.29, 1.82) is 0 Å². The summed E-state index contributed by atoms with van der Waals surface area (Å²) in [5.74, 6) is -0.156. The predicted molar refractivity (Wildman–Crippen MR) is 131 cm³/mol. The van der Waals surface area contributed by atoms with E-state index in [-0.39, 0.29) is 0 Å². The van der Waals surface area contributed by atoms with E-state index in [9.17, 15) is 9.59 Å². The molecule has 0 saturated carbocycles. The highest BCUT2D eigenvalue weighted by molar-refractivity contribution is 6.30. The van der Waals surface area contributed by atoms with Crippen LogP contribution in [0.25, 0.3) is 22.2 Å². The first-order valence-electron chi connectivity index (χ1n) is 10.3. The van der Waals surface area contributed by atoms with Gasteiger partial charge in [0.25, 0.3) is 5.91 Å². The summed E-state index contributed by atoms with van der Waals surface area (Å²) in [6.45, 7) is -0.480. The van der Waals surface area contributed by atoms with Crippen molar-refractivity contribution in [2.45, 2.75) is 0 Å². The number of ether oxygens (including phenoxy) is 3. The Bertz CT molecular complexity index is 1360. The van der Waals surface area contributed by atoms with E-state index < -0.39 is 18.5 Å². The average molecular weight is 477 g/mol. The number of pyridine rings is 1. The highest BCUT2D eigenvalue weighted by Gasteiger charge is 2.17. The third kappa shape index (κ3) is 5.10. The number of methoxy groups -OCH3 is 2. The number of anilines is 1. The SMILES string of the molecule is COc1ccc(OC)c(NC(=O)COC(=O)c2cc(-c3ccc(Cl)cc3)nc3ccccc23)c1. The fourth-order valence-electron chi connectivity index (χ4n) is 3.42. The molecule has 0 spiro atoms. The van der Waals surface area contributed by atoms with Crippen LogP contribution in [0, 0.1) is 0 Å². The van der Waals surface area contributed by atoms with E-state index >= 15 is 0 Å².